The number of halogens is 3. The lowest BCUT2D eigenvalue weighted by molar-refractivity contribution is 0.132. The number of carbonyl (C=O) groups excluding carboxylic acids is 1. The van der Waals surface area contributed by atoms with Crippen LogP contribution in [0.2, 0.25) is 15.1 Å². The molecule has 3 N–H and O–H groups in total. The van der Waals surface area contributed by atoms with E-state index in [4.69, 9.17) is 34.8 Å². The van der Waals surface area contributed by atoms with Crippen LogP contribution in [0.15, 0.2) is 48.8 Å². The van der Waals surface area contributed by atoms with Crippen molar-refractivity contribution in [3.63, 3.8) is 0 Å². The number of carbonyl (C=O) groups is 1. The maximum atomic E-state index is 12.4. The van der Waals surface area contributed by atoms with Crippen molar-refractivity contribution in [2.24, 2.45) is 0 Å². The third-order valence-electron chi connectivity index (χ3n) is 5.70. The molecule has 8 nitrogen and oxygen atoms in total. The monoisotopic (exact) mass is 533 g/mol. The molecule has 2 heterocycles. The maximum absolute atomic E-state index is 12.4. The van der Waals surface area contributed by atoms with Crippen LogP contribution in [0.3, 0.4) is 0 Å². The van der Waals surface area contributed by atoms with Crippen molar-refractivity contribution < 1.29 is 4.79 Å². The Hall–Kier alpha value is -2.62. The second-order valence-electron chi connectivity index (χ2n) is 8.14. The van der Waals surface area contributed by atoms with E-state index in [9.17, 15) is 4.79 Å². The summed E-state index contributed by atoms with van der Waals surface area (Å²) in [6.45, 7) is 8.69. The van der Waals surface area contributed by atoms with Gasteiger partial charge in [0.25, 0.3) is 0 Å². The molecule has 35 heavy (non-hydrogen) atoms. The summed E-state index contributed by atoms with van der Waals surface area (Å²) in [6, 6.07) is 12.3. The fourth-order valence-corrected chi connectivity index (χ4v) is 4.69. The topological polar surface area (TPSA) is 85.4 Å². The van der Waals surface area contributed by atoms with Gasteiger partial charge < -0.3 is 15.5 Å². The molecule has 1 aliphatic rings. The number of anilines is 4. The molecule has 2 amide bonds. The van der Waals surface area contributed by atoms with Gasteiger partial charge >= 0.3 is 6.03 Å². The molecule has 0 unspecified atom stereocenters. The molecule has 0 saturated carbocycles. The minimum Gasteiger partial charge on any atom is -0.340 e. The number of urea groups is 1. The SMILES string of the molecule is CCN1CCN(Cc2ccc(Nc3cc(NC(=O)Nc4c(Cl)cc(Cl)cc4Cl)ncn3)cc2)CC1. The quantitative estimate of drug-likeness (QED) is 0.347. The lowest BCUT2D eigenvalue weighted by Crippen LogP contribution is -2.45. The zero-order valence-corrected chi connectivity index (χ0v) is 21.5. The van der Waals surface area contributed by atoms with E-state index in [0.29, 0.717) is 16.7 Å². The number of nitrogens with one attached hydrogen (secondary N) is 3. The van der Waals surface area contributed by atoms with Crippen LogP contribution in [0.4, 0.5) is 27.8 Å². The third kappa shape index (κ3) is 7.19. The summed E-state index contributed by atoms with van der Waals surface area (Å²) in [6.07, 6.45) is 1.37. The van der Waals surface area contributed by atoms with E-state index in [1.807, 2.05) is 12.1 Å². The van der Waals surface area contributed by atoms with Gasteiger partial charge in [0.15, 0.2) is 0 Å². The van der Waals surface area contributed by atoms with Crippen LogP contribution in [-0.2, 0) is 6.54 Å². The summed E-state index contributed by atoms with van der Waals surface area (Å²) in [7, 11) is 0. The van der Waals surface area contributed by atoms with Crippen LogP contribution >= 0.6 is 34.8 Å². The van der Waals surface area contributed by atoms with Gasteiger partial charge in [-0.25, -0.2) is 14.8 Å². The van der Waals surface area contributed by atoms with E-state index in [2.05, 4.69) is 54.8 Å². The molecule has 11 heteroatoms. The number of hydrogen-bond donors (Lipinski definition) is 3. The summed E-state index contributed by atoms with van der Waals surface area (Å²) in [4.78, 5) is 25.7. The Kier molecular flexibility index (Phi) is 8.64. The highest BCUT2D eigenvalue weighted by atomic mass is 35.5. The number of aromatic nitrogens is 2. The zero-order valence-electron chi connectivity index (χ0n) is 19.2. The number of amides is 2. The molecule has 0 spiro atoms. The first-order valence-corrected chi connectivity index (χ1v) is 12.4. The molecule has 0 atom stereocenters. The summed E-state index contributed by atoms with van der Waals surface area (Å²) in [5.41, 5.74) is 2.41. The zero-order chi connectivity index (χ0) is 24.8. The number of piperazine rings is 1. The number of nitrogens with zero attached hydrogens (tertiary/aromatic N) is 4. The smallest absolute Gasteiger partial charge is 0.324 e. The van der Waals surface area contributed by atoms with E-state index in [-0.39, 0.29) is 15.7 Å². The molecule has 184 valence electrons. The minimum absolute atomic E-state index is 0.231. The summed E-state index contributed by atoms with van der Waals surface area (Å²) >= 11 is 18.2. The Morgan fingerprint density at radius 2 is 1.51 bits per heavy atom. The first-order chi connectivity index (χ1) is 16.9. The van der Waals surface area contributed by atoms with Gasteiger partial charge in [0, 0.05) is 49.5 Å². The van der Waals surface area contributed by atoms with E-state index in [0.717, 1.165) is 45.0 Å². The van der Waals surface area contributed by atoms with Crippen molar-refractivity contribution in [1.29, 1.82) is 0 Å². The molecule has 0 bridgehead atoms. The van der Waals surface area contributed by atoms with Gasteiger partial charge in [-0.2, -0.15) is 0 Å². The van der Waals surface area contributed by atoms with Crippen molar-refractivity contribution in [2.45, 2.75) is 13.5 Å². The Morgan fingerprint density at radius 1 is 0.886 bits per heavy atom. The van der Waals surface area contributed by atoms with Crippen LogP contribution in [0, 0.1) is 0 Å². The van der Waals surface area contributed by atoms with Gasteiger partial charge in [0.2, 0.25) is 0 Å². The average Bonchev–Trinajstić information content (AvgIpc) is 2.83. The number of hydrogen-bond acceptors (Lipinski definition) is 6. The summed E-state index contributed by atoms with van der Waals surface area (Å²) in [5, 5.41) is 9.33. The van der Waals surface area contributed by atoms with E-state index >= 15 is 0 Å². The molecule has 2 aromatic carbocycles. The van der Waals surface area contributed by atoms with Crippen LogP contribution in [0.5, 0.6) is 0 Å². The largest absolute Gasteiger partial charge is 0.340 e. The first kappa shape index (κ1) is 25.5. The molecule has 1 aromatic heterocycles. The first-order valence-electron chi connectivity index (χ1n) is 11.2. The van der Waals surface area contributed by atoms with Gasteiger partial charge in [-0.15, -0.1) is 0 Å². The molecule has 1 fully saturated rings. The number of rotatable bonds is 7. The normalized spacial score (nSPS) is 14.5. The Bertz CT molecular complexity index is 1150. The highest BCUT2D eigenvalue weighted by molar-refractivity contribution is 6.42. The lowest BCUT2D eigenvalue weighted by atomic mass is 10.1. The summed E-state index contributed by atoms with van der Waals surface area (Å²) in [5.74, 6) is 0.852. The van der Waals surface area contributed by atoms with Gasteiger partial charge in [0.05, 0.1) is 15.7 Å². The fraction of sp³-hybridized carbons (Fsp3) is 0.292. The highest BCUT2D eigenvalue weighted by Crippen LogP contribution is 2.33. The maximum Gasteiger partial charge on any atom is 0.324 e. The number of benzene rings is 2. The predicted molar refractivity (Wildman–Crippen MR) is 143 cm³/mol. The Labute approximate surface area is 219 Å². The van der Waals surface area contributed by atoms with Crippen LogP contribution in [0.1, 0.15) is 12.5 Å². The second-order valence-corrected chi connectivity index (χ2v) is 9.40. The molecule has 0 radical (unpaired) electrons. The van der Waals surface area contributed by atoms with Gasteiger partial charge in [0.1, 0.15) is 18.0 Å². The van der Waals surface area contributed by atoms with Crippen molar-refractivity contribution in [1.82, 2.24) is 19.8 Å². The second kappa shape index (κ2) is 11.9. The molecule has 1 aliphatic heterocycles. The van der Waals surface area contributed by atoms with Gasteiger partial charge in [-0.1, -0.05) is 53.9 Å². The Morgan fingerprint density at radius 3 is 2.17 bits per heavy atom. The minimum atomic E-state index is -0.551. The van der Waals surface area contributed by atoms with E-state index < -0.39 is 6.03 Å². The fourth-order valence-electron chi connectivity index (χ4n) is 3.78. The van der Waals surface area contributed by atoms with Gasteiger partial charge in [-0.3, -0.25) is 10.2 Å². The number of likely N-dealkylation sites (N-methyl/N-ethyl adjacent to an activating group) is 1. The van der Waals surface area contributed by atoms with Crippen LogP contribution in [0.25, 0.3) is 0 Å². The lowest BCUT2D eigenvalue weighted by Gasteiger charge is -2.34. The van der Waals surface area contributed by atoms with Crippen molar-refractivity contribution in [3.05, 3.63) is 69.4 Å². The molecular formula is C24H26Cl3N7O. The van der Waals surface area contributed by atoms with Crippen molar-refractivity contribution in [2.75, 3.05) is 48.7 Å². The van der Waals surface area contributed by atoms with E-state index in [1.54, 1.807) is 6.07 Å². The predicted octanol–water partition coefficient (Wildman–Crippen LogP) is 5.96. The molecule has 4 rings (SSSR count). The standard InChI is InChI=1S/C24H26Cl3N7O/c1-2-33-7-9-34(10-8-33)14-16-3-5-18(6-4-16)30-21-13-22(29-15-28-21)31-24(35)32-23-19(26)11-17(25)12-20(23)27/h3-6,11-13,15H,2,7-10,14H2,1H3,(H3,28,29,30,31,32,35). The van der Waals surface area contributed by atoms with Crippen molar-refractivity contribution in [3.8, 4) is 0 Å². The van der Waals surface area contributed by atoms with Crippen molar-refractivity contribution >= 4 is 63.8 Å². The average molecular weight is 535 g/mol. The molecule has 0 aliphatic carbocycles. The molecular weight excluding hydrogens is 509 g/mol. The molecule has 1 saturated heterocycles. The Balaban J connectivity index is 1.32. The van der Waals surface area contributed by atoms with Gasteiger partial charge in [-0.05, 0) is 36.4 Å². The van der Waals surface area contributed by atoms with E-state index in [1.165, 1.54) is 24.0 Å². The third-order valence-corrected chi connectivity index (χ3v) is 6.51. The molecule has 3 aromatic rings. The van der Waals surface area contributed by atoms with Crippen LogP contribution < -0.4 is 16.0 Å². The summed E-state index contributed by atoms with van der Waals surface area (Å²) < 4.78 is 0. The van der Waals surface area contributed by atoms with Crippen LogP contribution in [-0.4, -0.2) is 58.5 Å². The highest BCUT2D eigenvalue weighted by Gasteiger charge is 2.15.